The van der Waals surface area contributed by atoms with Gasteiger partial charge < -0.3 is 10.3 Å². The van der Waals surface area contributed by atoms with Gasteiger partial charge in [-0.2, -0.15) is 5.10 Å². The molecular formula is C15H16N4O. The first kappa shape index (κ1) is 12.5. The smallest absolute Gasteiger partial charge is 0.267 e. The lowest BCUT2D eigenvalue weighted by Gasteiger charge is -2.02. The van der Waals surface area contributed by atoms with Crippen molar-refractivity contribution in [3.05, 3.63) is 53.5 Å². The fraction of sp³-hybridized carbons (Fsp3) is 0.200. The van der Waals surface area contributed by atoms with Gasteiger partial charge >= 0.3 is 0 Å². The molecule has 5 heteroatoms. The summed E-state index contributed by atoms with van der Waals surface area (Å²) in [5.74, 6) is -0.107. The molecule has 3 aromatic rings. The van der Waals surface area contributed by atoms with Gasteiger partial charge in [-0.05, 0) is 19.1 Å². The lowest BCUT2D eigenvalue weighted by atomic mass is 10.2. The number of nitrogens with zero attached hydrogens (tertiary/aromatic N) is 2. The summed E-state index contributed by atoms with van der Waals surface area (Å²) < 4.78 is 1.75. The molecule has 1 amide bonds. The van der Waals surface area contributed by atoms with Gasteiger partial charge in [0.25, 0.3) is 5.91 Å². The minimum atomic E-state index is -0.107. The minimum absolute atomic E-state index is 0.107. The first-order valence-electron chi connectivity index (χ1n) is 6.48. The number of aromatic amines is 1. The maximum Gasteiger partial charge on any atom is 0.267 e. The number of aryl methyl sites for hydroxylation is 2. The van der Waals surface area contributed by atoms with Gasteiger partial charge in [-0.3, -0.25) is 9.48 Å². The number of aromatic nitrogens is 3. The monoisotopic (exact) mass is 268 g/mol. The van der Waals surface area contributed by atoms with E-state index in [4.69, 9.17) is 0 Å². The molecule has 0 bridgehead atoms. The molecule has 2 N–H and O–H groups in total. The Bertz CT molecular complexity index is 736. The predicted molar refractivity (Wildman–Crippen MR) is 77.4 cm³/mol. The van der Waals surface area contributed by atoms with Crippen LogP contribution in [0.1, 0.15) is 21.7 Å². The summed E-state index contributed by atoms with van der Waals surface area (Å²) in [5, 5.41) is 8.20. The molecular weight excluding hydrogens is 252 g/mol. The molecule has 0 fully saturated rings. The van der Waals surface area contributed by atoms with Gasteiger partial charge in [0.1, 0.15) is 5.69 Å². The zero-order valence-corrected chi connectivity index (χ0v) is 11.5. The molecule has 5 nitrogen and oxygen atoms in total. The summed E-state index contributed by atoms with van der Waals surface area (Å²) in [6.45, 7) is 2.41. The van der Waals surface area contributed by atoms with Gasteiger partial charge in [0, 0.05) is 36.3 Å². The van der Waals surface area contributed by atoms with Gasteiger partial charge in [-0.25, -0.2) is 0 Å². The van der Waals surface area contributed by atoms with Gasteiger partial charge in [0.15, 0.2) is 0 Å². The largest absolute Gasteiger partial charge is 0.351 e. The van der Waals surface area contributed by atoms with Crippen molar-refractivity contribution in [3.8, 4) is 0 Å². The highest BCUT2D eigenvalue weighted by Crippen LogP contribution is 2.14. The molecule has 102 valence electrons. The maximum atomic E-state index is 12.1. The molecule has 0 atom stereocenters. The number of nitrogens with one attached hydrogen (secondary N) is 2. The fourth-order valence-electron chi connectivity index (χ4n) is 2.29. The third-order valence-electron chi connectivity index (χ3n) is 3.33. The van der Waals surface area contributed by atoms with E-state index in [1.165, 1.54) is 0 Å². The summed E-state index contributed by atoms with van der Waals surface area (Å²) in [7, 11) is 1.87. The highest BCUT2D eigenvalue weighted by molar-refractivity contribution is 5.97. The number of rotatable bonds is 3. The van der Waals surface area contributed by atoms with E-state index < -0.39 is 0 Å². The maximum absolute atomic E-state index is 12.1. The number of para-hydroxylation sites is 1. The number of carbonyl (C=O) groups is 1. The molecule has 2 heterocycles. The molecule has 0 aliphatic carbocycles. The number of carbonyl (C=O) groups excluding carboxylic acids is 1. The van der Waals surface area contributed by atoms with E-state index in [0.717, 1.165) is 22.2 Å². The standard InChI is InChI=1S/C15H16N4O/c1-10-12(9-19(2)18-10)8-16-15(20)14-7-11-5-3-4-6-13(11)17-14/h3-7,9,17H,8H2,1-2H3,(H,16,20). The Balaban J connectivity index is 1.74. The zero-order valence-electron chi connectivity index (χ0n) is 11.5. The van der Waals surface area contributed by atoms with E-state index in [0.29, 0.717) is 12.2 Å². The van der Waals surface area contributed by atoms with Gasteiger partial charge in [0.2, 0.25) is 0 Å². The first-order chi connectivity index (χ1) is 9.63. The van der Waals surface area contributed by atoms with Crippen LogP contribution in [0.5, 0.6) is 0 Å². The molecule has 2 aromatic heterocycles. The van der Waals surface area contributed by atoms with Crippen molar-refractivity contribution >= 4 is 16.8 Å². The Kier molecular flexibility index (Phi) is 3.02. The topological polar surface area (TPSA) is 62.7 Å². The average molecular weight is 268 g/mol. The quantitative estimate of drug-likeness (QED) is 0.764. The van der Waals surface area contributed by atoms with Crippen molar-refractivity contribution in [2.75, 3.05) is 0 Å². The Morgan fingerprint density at radius 1 is 1.40 bits per heavy atom. The van der Waals surface area contributed by atoms with E-state index in [9.17, 15) is 4.79 Å². The number of amides is 1. The van der Waals surface area contributed by atoms with Crippen LogP contribution in [0.15, 0.2) is 36.5 Å². The Labute approximate surface area is 116 Å². The molecule has 1 aromatic carbocycles. The lowest BCUT2D eigenvalue weighted by Crippen LogP contribution is -2.23. The second kappa shape index (κ2) is 4.85. The second-order valence-corrected chi connectivity index (χ2v) is 4.87. The van der Waals surface area contributed by atoms with Crippen LogP contribution in [0, 0.1) is 6.92 Å². The number of benzene rings is 1. The van der Waals surface area contributed by atoms with Crippen LogP contribution in [0.3, 0.4) is 0 Å². The third kappa shape index (κ3) is 2.30. The fourth-order valence-corrected chi connectivity index (χ4v) is 2.29. The average Bonchev–Trinajstić information content (AvgIpc) is 2.99. The van der Waals surface area contributed by atoms with Crippen molar-refractivity contribution in [2.45, 2.75) is 13.5 Å². The third-order valence-corrected chi connectivity index (χ3v) is 3.33. The first-order valence-corrected chi connectivity index (χ1v) is 6.48. The molecule has 0 aliphatic rings. The summed E-state index contributed by atoms with van der Waals surface area (Å²) in [6.07, 6.45) is 1.92. The minimum Gasteiger partial charge on any atom is -0.351 e. The van der Waals surface area contributed by atoms with Crippen molar-refractivity contribution in [2.24, 2.45) is 7.05 Å². The Hall–Kier alpha value is -2.56. The van der Waals surface area contributed by atoms with Crippen molar-refractivity contribution in [3.63, 3.8) is 0 Å². The SMILES string of the molecule is Cc1nn(C)cc1CNC(=O)c1cc2ccccc2[nH]1. The van der Waals surface area contributed by atoms with Crippen LogP contribution in [-0.4, -0.2) is 20.7 Å². The van der Waals surface area contributed by atoms with Crippen LogP contribution in [0.25, 0.3) is 10.9 Å². The van der Waals surface area contributed by atoms with Crippen LogP contribution in [0.2, 0.25) is 0 Å². The molecule has 0 saturated carbocycles. The molecule has 20 heavy (non-hydrogen) atoms. The summed E-state index contributed by atoms with van der Waals surface area (Å²) in [4.78, 5) is 15.3. The summed E-state index contributed by atoms with van der Waals surface area (Å²) >= 11 is 0. The van der Waals surface area contributed by atoms with Crippen LogP contribution in [-0.2, 0) is 13.6 Å². The Morgan fingerprint density at radius 3 is 2.90 bits per heavy atom. The zero-order chi connectivity index (χ0) is 14.1. The van der Waals surface area contributed by atoms with E-state index in [1.54, 1.807) is 4.68 Å². The molecule has 3 rings (SSSR count). The number of hydrogen-bond acceptors (Lipinski definition) is 2. The van der Waals surface area contributed by atoms with Crippen LogP contribution < -0.4 is 5.32 Å². The van der Waals surface area contributed by atoms with E-state index in [-0.39, 0.29) is 5.91 Å². The van der Waals surface area contributed by atoms with Crippen LogP contribution >= 0.6 is 0 Å². The predicted octanol–water partition coefficient (Wildman–Crippen LogP) is 2.14. The summed E-state index contributed by atoms with van der Waals surface area (Å²) in [5.41, 5.74) is 3.50. The number of hydrogen-bond donors (Lipinski definition) is 2. The number of fused-ring (bicyclic) bond motifs is 1. The second-order valence-electron chi connectivity index (χ2n) is 4.87. The van der Waals surface area contributed by atoms with E-state index in [1.807, 2.05) is 50.5 Å². The number of H-pyrrole nitrogens is 1. The molecule has 0 unspecified atom stereocenters. The molecule has 0 radical (unpaired) electrons. The van der Waals surface area contributed by atoms with Crippen molar-refractivity contribution < 1.29 is 4.79 Å². The van der Waals surface area contributed by atoms with Gasteiger partial charge in [-0.1, -0.05) is 18.2 Å². The highest BCUT2D eigenvalue weighted by atomic mass is 16.1. The van der Waals surface area contributed by atoms with Crippen molar-refractivity contribution in [1.82, 2.24) is 20.1 Å². The lowest BCUT2D eigenvalue weighted by molar-refractivity contribution is 0.0946. The Morgan fingerprint density at radius 2 is 2.20 bits per heavy atom. The molecule has 0 saturated heterocycles. The molecule has 0 spiro atoms. The molecule has 0 aliphatic heterocycles. The van der Waals surface area contributed by atoms with E-state index in [2.05, 4.69) is 15.4 Å². The summed E-state index contributed by atoms with van der Waals surface area (Å²) in [6, 6.07) is 9.70. The van der Waals surface area contributed by atoms with Crippen molar-refractivity contribution in [1.29, 1.82) is 0 Å². The van der Waals surface area contributed by atoms with Gasteiger partial charge in [-0.15, -0.1) is 0 Å². The van der Waals surface area contributed by atoms with E-state index >= 15 is 0 Å². The highest BCUT2D eigenvalue weighted by Gasteiger charge is 2.10. The van der Waals surface area contributed by atoms with Gasteiger partial charge in [0.05, 0.1) is 5.69 Å². The van der Waals surface area contributed by atoms with Crippen LogP contribution in [0.4, 0.5) is 0 Å². The normalized spacial score (nSPS) is 10.9.